The highest BCUT2D eigenvalue weighted by atomic mass is 19.1. The van der Waals surface area contributed by atoms with Gasteiger partial charge in [-0.05, 0) is 75.1 Å². The van der Waals surface area contributed by atoms with Gasteiger partial charge in [0.2, 0.25) is 0 Å². The summed E-state index contributed by atoms with van der Waals surface area (Å²) in [6.45, 7) is 9.90. The van der Waals surface area contributed by atoms with Crippen LogP contribution in [0.5, 0.6) is 5.75 Å². The second-order valence-corrected chi connectivity index (χ2v) is 11.3. The number of halogens is 3. The molecule has 2 aliphatic rings. The van der Waals surface area contributed by atoms with Crippen molar-refractivity contribution in [3.8, 4) is 16.9 Å². The molecule has 1 saturated heterocycles. The summed E-state index contributed by atoms with van der Waals surface area (Å²) in [4.78, 5) is 8.29. The van der Waals surface area contributed by atoms with Gasteiger partial charge in [0.05, 0.1) is 36.8 Å². The summed E-state index contributed by atoms with van der Waals surface area (Å²) in [7, 11) is 1.87. The van der Waals surface area contributed by atoms with Gasteiger partial charge >= 0.3 is 0 Å². The van der Waals surface area contributed by atoms with Crippen LogP contribution in [0.4, 0.5) is 24.5 Å². The number of rotatable bonds is 7. The zero-order chi connectivity index (χ0) is 27.9. The lowest BCUT2D eigenvalue weighted by atomic mass is 9.98. The number of benzene rings is 2. The summed E-state index contributed by atoms with van der Waals surface area (Å²) in [6.07, 6.45) is 3.19. The average molecular weight is 540 g/mol. The van der Waals surface area contributed by atoms with E-state index in [2.05, 4.69) is 23.7 Å². The van der Waals surface area contributed by atoms with E-state index in [0.29, 0.717) is 54.4 Å². The Morgan fingerprint density at radius 3 is 2.59 bits per heavy atom. The first-order chi connectivity index (χ1) is 18.6. The van der Waals surface area contributed by atoms with E-state index in [4.69, 9.17) is 9.47 Å². The zero-order valence-electron chi connectivity index (χ0n) is 23.2. The fourth-order valence-corrected chi connectivity index (χ4v) is 5.45. The topological polar surface area (TPSA) is 37.8 Å². The molecule has 2 aromatic carbocycles. The normalized spacial score (nSPS) is 19.0. The molecule has 2 atom stereocenters. The lowest BCUT2D eigenvalue weighted by Crippen LogP contribution is -2.50. The Hall–Kier alpha value is -3.26. The molecular weight excluding hydrogens is 503 g/mol. The van der Waals surface area contributed by atoms with Crippen molar-refractivity contribution in [1.29, 1.82) is 0 Å². The summed E-state index contributed by atoms with van der Waals surface area (Å²) in [5, 5.41) is 0. The Morgan fingerprint density at radius 1 is 1.10 bits per heavy atom. The van der Waals surface area contributed by atoms with E-state index >= 15 is 13.2 Å². The molecule has 39 heavy (non-hydrogen) atoms. The maximum atomic E-state index is 15.4. The van der Waals surface area contributed by atoms with Crippen LogP contribution in [0.2, 0.25) is 0 Å². The molecule has 0 spiro atoms. The lowest BCUT2D eigenvalue weighted by Gasteiger charge is -2.44. The van der Waals surface area contributed by atoms with Gasteiger partial charge in [-0.15, -0.1) is 0 Å². The van der Waals surface area contributed by atoms with Crippen molar-refractivity contribution in [1.82, 2.24) is 4.98 Å². The third-order valence-corrected chi connectivity index (χ3v) is 7.84. The van der Waals surface area contributed by atoms with Crippen LogP contribution < -0.4 is 14.5 Å². The summed E-state index contributed by atoms with van der Waals surface area (Å²) >= 11 is 0. The highest BCUT2D eigenvalue weighted by Crippen LogP contribution is 2.43. The molecule has 208 valence electrons. The Labute approximate surface area is 228 Å². The molecule has 3 aromatic rings. The van der Waals surface area contributed by atoms with Crippen molar-refractivity contribution in [3.63, 3.8) is 0 Å². The third kappa shape index (κ3) is 5.57. The second kappa shape index (κ2) is 10.7. The monoisotopic (exact) mass is 539 g/mol. The standard InChI is InChI=1S/C31H36F3N3O2/c1-6-19(2)37-18-31(3,4)39-30-26(33)13-21(14-29(30)37)24-15-22(35-16-27(24)34)11-20-7-8-28(25(32)12-20)36(5)23-9-10-38-17-23/h7-8,12-16,19,23H,6,9-11,17-18H2,1-5H3. The van der Waals surface area contributed by atoms with Crippen LogP contribution in [0, 0.1) is 17.5 Å². The summed E-state index contributed by atoms with van der Waals surface area (Å²) in [5.74, 6) is -1.22. The van der Waals surface area contributed by atoms with Crippen molar-refractivity contribution in [2.45, 2.75) is 64.6 Å². The molecule has 0 N–H and O–H groups in total. The van der Waals surface area contributed by atoms with Gasteiger partial charge in [-0.1, -0.05) is 13.0 Å². The molecule has 0 amide bonds. The van der Waals surface area contributed by atoms with Crippen molar-refractivity contribution in [2.75, 3.05) is 36.6 Å². The zero-order valence-corrected chi connectivity index (χ0v) is 23.2. The van der Waals surface area contributed by atoms with Crippen LogP contribution in [-0.4, -0.2) is 49.5 Å². The Morgan fingerprint density at radius 2 is 1.90 bits per heavy atom. The number of hydrogen-bond acceptors (Lipinski definition) is 5. The minimum atomic E-state index is -0.557. The molecule has 1 aromatic heterocycles. The average Bonchev–Trinajstić information content (AvgIpc) is 3.44. The number of fused-ring (bicyclic) bond motifs is 1. The molecule has 5 nitrogen and oxygen atoms in total. The predicted molar refractivity (Wildman–Crippen MR) is 148 cm³/mol. The van der Waals surface area contributed by atoms with E-state index in [1.807, 2.05) is 31.9 Å². The van der Waals surface area contributed by atoms with Crippen molar-refractivity contribution in [2.24, 2.45) is 0 Å². The van der Waals surface area contributed by atoms with Crippen molar-refractivity contribution in [3.05, 3.63) is 71.3 Å². The smallest absolute Gasteiger partial charge is 0.179 e. The van der Waals surface area contributed by atoms with E-state index in [1.165, 1.54) is 12.1 Å². The van der Waals surface area contributed by atoms with Gasteiger partial charge in [0.1, 0.15) is 17.2 Å². The van der Waals surface area contributed by atoms with Crippen molar-refractivity contribution >= 4 is 11.4 Å². The molecule has 0 aliphatic carbocycles. The van der Waals surface area contributed by atoms with E-state index < -0.39 is 17.2 Å². The third-order valence-electron chi connectivity index (χ3n) is 7.84. The first-order valence-corrected chi connectivity index (χ1v) is 13.6. The van der Waals surface area contributed by atoms with E-state index in [1.54, 1.807) is 18.2 Å². The number of likely N-dealkylation sites (N-methyl/N-ethyl adjacent to an activating group) is 1. The molecule has 2 aliphatic heterocycles. The first kappa shape index (κ1) is 27.3. The largest absolute Gasteiger partial charge is 0.481 e. The molecule has 2 unspecified atom stereocenters. The Kier molecular flexibility index (Phi) is 7.51. The van der Waals surface area contributed by atoms with Crippen LogP contribution in [-0.2, 0) is 11.2 Å². The molecule has 3 heterocycles. The van der Waals surface area contributed by atoms with Crippen molar-refractivity contribution < 1.29 is 22.6 Å². The molecule has 0 bridgehead atoms. The molecule has 5 rings (SSSR count). The number of ether oxygens (including phenoxy) is 2. The number of anilines is 2. The number of nitrogens with zero attached hydrogens (tertiary/aromatic N) is 3. The van der Waals surface area contributed by atoms with Gasteiger partial charge in [-0.25, -0.2) is 13.2 Å². The highest BCUT2D eigenvalue weighted by molar-refractivity contribution is 5.74. The SMILES string of the molecule is CCC(C)N1CC(C)(C)Oc2c(F)cc(-c3cc(Cc4ccc(N(C)C5CCOC5)c(F)c4)ncc3F)cc21. The fourth-order valence-electron chi connectivity index (χ4n) is 5.45. The number of pyridine rings is 1. The summed E-state index contributed by atoms with van der Waals surface area (Å²) in [6, 6.07) is 10.1. The minimum Gasteiger partial charge on any atom is -0.481 e. The van der Waals surface area contributed by atoms with Crippen LogP contribution >= 0.6 is 0 Å². The Bertz CT molecular complexity index is 1360. The molecular formula is C31H36F3N3O2. The maximum absolute atomic E-state index is 15.4. The highest BCUT2D eigenvalue weighted by Gasteiger charge is 2.36. The van der Waals surface area contributed by atoms with E-state index in [-0.39, 0.29) is 29.2 Å². The minimum absolute atomic E-state index is 0.149. The number of aromatic nitrogens is 1. The van der Waals surface area contributed by atoms with Crippen LogP contribution in [0.3, 0.4) is 0 Å². The lowest BCUT2D eigenvalue weighted by molar-refractivity contribution is 0.0960. The van der Waals surface area contributed by atoms with Crippen LogP contribution in [0.15, 0.2) is 42.6 Å². The Balaban J connectivity index is 1.44. The van der Waals surface area contributed by atoms with Gasteiger partial charge in [0.15, 0.2) is 11.6 Å². The van der Waals surface area contributed by atoms with Gasteiger partial charge in [-0.2, -0.15) is 0 Å². The quantitative estimate of drug-likeness (QED) is 0.332. The van der Waals surface area contributed by atoms with E-state index in [9.17, 15) is 0 Å². The summed E-state index contributed by atoms with van der Waals surface area (Å²) in [5.41, 5.74) is 2.50. The van der Waals surface area contributed by atoms with Gasteiger partial charge in [0, 0.05) is 37.4 Å². The molecule has 1 fully saturated rings. The molecule has 0 saturated carbocycles. The van der Waals surface area contributed by atoms with Gasteiger partial charge < -0.3 is 19.3 Å². The summed E-state index contributed by atoms with van der Waals surface area (Å²) < 4.78 is 56.9. The first-order valence-electron chi connectivity index (χ1n) is 13.6. The van der Waals surface area contributed by atoms with Gasteiger partial charge in [-0.3, -0.25) is 4.98 Å². The second-order valence-electron chi connectivity index (χ2n) is 11.3. The van der Waals surface area contributed by atoms with E-state index in [0.717, 1.165) is 19.0 Å². The molecule has 0 radical (unpaired) electrons. The predicted octanol–water partition coefficient (Wildman–Crippen LogP) is 6.76. The van der Waals surface area contributed by atoms with Crippen LogP contribution in [0.1, 0.15) is 51.8 Å². The fraction of sp³-hybridized carbons (Fsp3) is 0.452. The van der Waals surface area contributed by atoms with Crippen LogP contribution in [0.25, 0.3) is 11.1 Å². The molecule has 8 heteroatoms. The number of hydrogen-bond donors (Lipinski definition) is 0. The van der Waals surface area contributed by atoms with Gasteiger partial charge in [0.25, 0.3) is 0 Å². The maximum Gasteiger partial charge on any atom is 0.179 e.